The highest BCUT2D eigenvalue weighted by Crippen LogP contribution is 1.77. The van der Waals surface area contributed by atoms with Crippen LogP contribution in [0.1, 0.15) is 6.42 Å². The summed E-state index contributed by atoms with van der Waals surface area (Å²) >= 11 is 0. The van der Waals surface area contributed by atoms with Crippen molar-refractivity contribution in [2.75, 3.05) is 0 Å². The Labute approximate surface area is 37.6 Å². The molecular weight excluding hydrogens is 76.1 g/mol. The average Bonchev–Trinajstić information content (AvgIpc) is 1.61. The molecule has 0 fully saturated rings. The van der Waals surface area contributed by atoms with E-state index in [1.165, 1.54) is 0 Å². The lowest BCUT2D eigenvalue weighted by atomic mass is 10.4. The van der Waals surface area contributed by atoms with Crippen LogP contribution >= 0.6 is 0 Å². The van der Waals surface area contributed by atoms with Crippen LogP contribution in [0.2, 0.25) is 0 Å². The average molecular weight is 84.1 g/mol. The first-order valence-corrected chi connectivity index (χ1v) is 1.82. The minimum absolute atomic E-state index is 0.747. The maximum absolute atomic E-state index is 7.97. The SMILES string of the molecule is C=CCC=CO. The molecule has 0 heterocycles. The predicted molar refractivity (Wildman–Crippen MR) is 26.6 cm³/mol. The maximum atomic E-state index is 7.97. The third kappa shape index (κ3) is 3.28. The summed E-state index contributed by atoms with van der Waals surface area (Å²) in [5.74, 6) is 0. The second-order valence-corrected chi connectivity index (χ2v) is 0.909. The van der Waals surface area contributed by atoms with Crippen molar-refractivity contribution in [3.8, 4) is 0 Å². The molecule has 0 aliphatic heterocycles. The zero-order valence-electron chi connectivity index (χ0n) is 3.59. The minimum Gasteiger partial charge on any atom is -0.516 e. The van der Waals surface area contributed by atoms with Gasteiger partial charge >= 0.3 is 0 Å². The normalized spacial score (nSPS) is 9.33. The number of hydrogen-bond donors (Lipinski definition) is 1. The monoisotopic (exact) mass is 84.1 g/mol. The van der Waals surface area contributed by atoms with Crippen LogP contribution in [0.3, 0.4) is 0 Å². The molecule has 0 aliphatic rings. The molecule has 0 saturated heterocycles. The van der Waals surface area contributed by atoms with E-state index in [1.807, 2.05) is 0 Å². The standard InChI is InChI=1S/C5H8O/c1-2-3-4-5-6/h2,4-6H,1,3H2. The van der Waals surface area contributed by atoms with Gasteiger partial charge in [-0.2, -0.15) is 0 Å². The fourth-order valence-electron chi connectivity index (χ4n) is 0.157. The van der Waals surface area contributed by atoms with Gasteiger partial charge in [-0.15, -0.1) is 6.58 Å². The Kier molecular flexibility index (Phi) is 3.77. The lowest BCUT2D eigenvalue weighted by molar-refractivity contribution is 0.471. The van der Waals surface area contributed by atoms with E-state index in [0.717, 1.165) is 12.7 Å². The van der Waals surface area contributed by atoms with Crippen molar-refractivity contribution < 1.29 is 5.11 Å². The molecule has 6 heavy (non-hydrogen) atoms. The third-order valence-corrected chi connectivity index (χ3v) is 0.408. The number of rotatable bonds is 2. The van der Waals surface area contributed by atoms with Gasteiger partial charge < -0.3 is 5.11 Å². The summed E-state index contributed by atoms with van der Waals surface area (Å²) in [5, 5.41) is 7.97. The molecule has 0 aromatic heterocycles. The molecule has 0 radical (unpaired) electrons. The molecule has 0 spiro atoms. The second kappa shape index (κ2) is 4.28. The Bertz CT molecular complexity index is 55.0. The molecule has 34 valence electrons. The summed E-state index contributed by atoms with van der Waals surface area (Å²) in [7, 11) is 0. The van der Waals surface area contributed by atoms with E-state index in [0.29, 0.717) is 0 Å². The van der Waals surface area contributed by atoms with Crippen LogP contribution in [0.15, 0.2) is 25.0 Å². The van der Waals surface area contributed by atoms with E-state index in [2.05, 4.69) is 6.58 Å². The smallest absolute Gasteiger partial charge is 0.0754 e. The van der Waals surface area contributed by atoms with E-state index in [1.54, 1.807) is 12.2 Å². The number of aliphatic hydroxyl groups excluding tert-OH is 1. The zero-order chi connectivity index (χ0) is 4.83. The molecule has 1 nitrogen and oxygen atoms in total. The predicted octanol–water partition coefficient (Wildman–Crippen LogP) is 1.63. The molecule has 0 aliphatic carbocycles. The van der Waals surface area contributed by atoms with Crippen LogP contribution < -0.4 is 0 Å². The Balaban J connectivity index is 2.85. The molecule has 1 N–H and O–H groups in total. The van der Waals surface area contributed by atoms with Gasteiger partial charge in [0.25, 0.3) is 0 Å². The summed E-state index contributed by atoms with van der Waals surface area (Å²) in [5.41, 5.74) is 0. The Hall–Kier alpha value is -0.720. The summed E-state index contributed by atoms with van der Waals surface area (Å²) in [6.07, 6.45) is 5.10. The highest BCUT2D eigenvalue weighted by atomic mass is 16.2. The van der Waals surface area contributed by atoms with Crippen molar-refractivity contribution in [2.45, 2.75) is 6.42 Å². The van der Waals surface area contributed by atoms with Crippen molar-refractivity contribution in [3.63, 3.8) is 0 Å². The van der Waals surface area contributed by atoms with E-state index >= 15 is 0 Å². The van der Waals surface area contributed by atoms with Gasteiger partial charge in [-0.1, -0.05) is 6.08 Å². The summed E-state index contributed by atoms with van der Waals surface area (Å²) in [6.45, 7) is 3.44. The highest BCUT2D eigenvalue weighted by Gasteiger charge is 1.59. The molecular formula is C5H8O. The Morgan fingerprint density at radius 2 is 2.33 bits per heavy atom. The molecule has 0 atom stereocenters. The van der Waals surface area contributed by atoms with Gasteiger partial charge in [0.15, 0.2) is 0 Å². The van der Waals surface area contributed by atoms with Crippen LogP contribution in [0, 0.1) is 0 Å². The Morgan fingerprint density at radius 3 is 2.50 bits per heavy atom. The second-order valence-electron chi connectivity index (χ2n) is 0.909. The third-order valence-electron chi connectivity index (χ3n) is 0.408. The number of allylic oxidation sites excluding steroid dienone is 2. The summed E-state index contributed by atoms with van der Waals surface area (Å²) < 4.78 is 0. The maximum Gasteiger partial charge on any atom is 0.0754 e. The number of aliphatic hydroxyl groups is 1. The number of hydrogen-bond acceptors (Lipinski definition) is 1. The Morgan fingerprint density at radius 1 is 1.67 bits per heavy atom. The molecule has 0 aromatic rings. The van der Waals surface area contributed by atoms with Gasteiger partial charge in [0.2, 0.25) is 0 Å². The first kappa shape index (κ1) is 5.28. The van der Waals surface area contributed by atoms with Crippen molar-refractivity contribution in [1.29, 1.82) is 0 Å². The van der Waals surface area contributed by atoms with Gasteiger partial charge in [0, 0.05) is 0 Å². The summed E-state index contributed by atoms with van der Waals surface area (Å²) in [4.78, 5) is 0. The molecule has 0 unspecified atom stereocenters. The highest BCUT2D eigenvalue weighted by molar-refractivity contribution is 4.81. The molecule has 0 aromatic carbocycles. The lowest BCUT2D eigenvalue weighted by Gasteiger charge is -1.69. The van der Waals surface area contributed by atoms with E-state index in [-0.39, 0.29) is 0 Å². The van der Waals surface area contributed by atoms with Crippen LogP contribution in [0.25, 0.3) is 0 Å². The molecule has 0 rings (SSSR count). The van der Waals surface area contributed by atoms with E-state index in [9.17, 15) is 0 Å². The van der Waals surface area contributed by atoms with Crippen molar-refractivity contribution in [3.05, 3.63) is 25.0 Å². The van der Waals surface area contributed by atoms with Crippen LogP contribution in [0.5, 0.6) is 0 Å². The molecule has 0 amide bonds. The fourth-order valence-corrected chi connectivity index (χ4v) is 0.157. The first-order chi connectivity index (χ1) is 2.91. The zero-order valence-corrected chi connectivity index (χ0v) is 3.59. The molecule has 0 bridgehead atoms. The molecule has 0 saturated carbocycles. The van der Waals surface area contributed by atoms with Crippen molar-refractivity contribution in [1.82, 2.24) is 0 Å². The van der Waals surface area contributed by atoms with Crippen molar-refractivity contribution >= 4 is 0 Å². The van der Waals surface area contributed by atoms with Gasteiger partial charge in [-0.3, -0.25) is 0 Å². The largest absolute Gasteiger partial charge is 0.516 e. The van der Waals surface area contributed by atoms with Crippen molar-refractivity contribution in [2.24, 2.45) is 0 Å². The minimum atomic E-state index is 0.747. The topological polar surface area (TPSA) is 20.2 Å². The quantitative estimate of drug-likeness (QED) is 0.398. The van der Waals surface area contributed by atoms with Gasteiger partial charge in [0.1, 0.15) is 0 Å². The lowest BCUT2D eigenvalue weighted by Crippen LogP contribution is -1.51. The van der Waals surface area contributed by atoms with Gasteiger partial charge in [0.05, 0.1) is 6.26 Å². The first-order valence-electron chi connectivity index (χ1n) is 1.82. The van der Waals surface area contributed by atoms with Crippen LogP contribution in [-0.2, 0) is 0 Å². The fraction of sp³-hybridized carbons (Fsp3) is 0.200. The van der Waals surface area contributed by atoms with Gasteiger partial charge in [-0.05, 0) is 12.5 Å². The van der Waals surface area contributed by atoms with Gasteiger partial charge in [-0.25, -0.2) is 0 Å². The molecule has 1 heteroatoms. The van der Waals surface area contributed by atoms with E-state index < -0.39 is 0 Å². The van der Waals surface area contributed by atoms with Crippen LogP contribution in [-0.4, -0.2) is 5.11 Å². The van der Waals surface area contributed by atoms with Crippen LogP contribution in [0.4, 0.5) is 0 Å². The summed E-state index contributed by atoms with van der Waals surface area (Å²) in [6, 6.07) is 0. The van der Waals surface area contributed by atoms with E-state index in [4.69, 9.17) is 5.11 Å².